The molecule has 0 amide bonds. The molecule has 4 aromatic carbocycles. The Hall–Kier alpha value is -6.04. The van der Waals surface area contributed by atoms with Crippen molar-refractivity contribution < 1.29 is 36.2 Å². The first-order valence-corrected chi connectivity index (χ1v) is 23.7. The number of hydrogen-bond acceptors (Lipinski definition) is 14. The van der Waals surface area contributed by atoms with Crippen LogP contribution in [0.4, 0.5) is 11.6 Å². The van der Waals surface area contributed by atoms with Crippen LogP contribution in [-0.4, -0.2) is 78.3 Å². The van der Waals surface area contributed by atoms with E-state index >= 15 is 0 Å². The van der Waals surface area contributed by atoms with Crippen molar-refractivity contribution in [2.75, 3.05) is 35.9 Å². The number of nitrogens with one attached hydrogen (secondary N) is 4. The Morgan fingerprint density at radius 2 is 0.954 bits per heavy atom. The fraction of sp³-hybridized carbons (Fsp3) is 0.143. The Labute approximate surface area is 393 Å². The molecule has 0 spiro atoms. The summed E-state index contributed by atoms with van der Waals surface area (Å²) in [5.41, 5.74) is 3.51. The summed E-state index contributed by atoms with van der Waals surface area (Å²) in [6.45, 7) is 0.225. The topological polar surface area (TPSA) is 242 Å². The highest BCUT2D eigenvalue weighted by Gasteiger charge is 2.22. The smallest absolute Gasteiger partial charge is 0.316 e. The molecule has 3 aromatic heterocycles. The fourth-order valence-electron chi connectivity index (χ4n) is 5.53. The number of halogens is 3. The van der Waals surface area contributed by atoms with Crippen LogP contribution in [0.15, 0.2) is 139 Å². The second-order valence-electron chi connectivity index (χ2n) is 13.1. The molecule has 0 atom stereocenters. The Morgan fingerprint density at radius 3 is 1.38 bits per heavy atom. The SMILES string of the molecule is O=S(=O)(NCc1ccccc1)Nc1ncnc(OCCO)c1-c1ccc(Cl)cc1.O=S(=O)(NCc1ccccc1)Nc1ncnc(OCCOc2ncc(Br)cn2)c1-c1ccc(Cl)cc1. The van der Waals surface area contributed by atoms with Gasteiger partial charge in [0.2, 0.25) is 11.8 Å². The van der Waals surface area contributed by atoms with Crippen LogP contribution in [-0.2, 0) is 33.5 Å². The maximum absolute atomic E-state index is 12.8. The van der Waals surface area contributed by atoms with Gasteiger partial charge in [-0.3, -0.25) is 9.44 Å². The molecule has 65 heavy (non-hydrogen) atoms. The van der Waals surface area contributed by atoms with Crippen molar-refractivity contribution in [2.24, 2.45) is 0 Å². The Bertz CT molecular complexity index is 2830. The number of anilines is 2. The monoisotopic (exact) mass is 1020 g/mol. The summed E-state index contributed by atoms with van der Waals surface area (Å²) in [7, 11) is -7.90. The number of benzene rings is 4. The van der Waals surface area contributed by atoms with E-state index in [2.05, 4.69) is 64.7 Å². The number of nitrogens with zero attached hydrogens (tertiary/aromatic N) is 6. The van der Waals surface area contributed by atoms with E-state index in [0.717, 1.165) is 15.6 Å². The predicted molar refractivity (Wildman–Crippen MR) is 250 cm³/mol. The van der Waals surface area contributed by atoms with Crippen LogP contribution in [0, 0.1) is 0 Å². The summed E-state index contributed by atoms with van der Waals surface area (Å²) < 4.78 is 78.0. The van der Waals surface area contributed by atoms with Gasteiger partial charge in [0.1, 0.15) is 32.5 Å². The number of ether oxygens (including phenoxy) is 3. The molecule has 0 unspecified atom stereocenters. The summed E-state index contributed by atoms with van der Waals surface area (Å²) in [4.78, 5) is 24.6. The molecule has 338 valence electrons. The Kier molecular flexibility index (Phi) is 17.7. The average molecular weight is 1030 g/mol. The molecule has 18 nitrogen and oxygen atoms in total. The van der Waals surface area contributed by atoms with Gasteiger partial charge in [0.25, 0.3) is 0 Å². The van der Waals surface area contributed by atoms with Crippen molar-refractivity contribution in [1.82, 2.24) is 39.3 Å². The Morgan fingerprint density at radius 1 is 0.538 bits per heavy atom. The van der Waals surface area contributed by atoms with E-state index in [1.807, 2.05) is 60.7 Å². The second kappa shape index (κ2) is 23.8. The highest BCUT2D eigenvalue weighted by Crippen LogP contribution is 2.36. The van der Waals surface area contributed by atoms with Crippen LogP contribution in [0.1, 0.15) is 11.1 Å². The minimum Gasteiger partial charge on any atom is -0.475 e. The van der Waals surface area contributed by atoms with Gasteiger partial charge in [-0.1, -0.05) is 108 Å². The first-order valence-electron chi connectivity index (χ1n) is 19.2. The second-order valence-corrected chi connectivity index (χ2v) is 17.9. The zero-order valence-corrected chi connectivity index (χ0v) is 38.6. The summed E-state index contributed by atoms with van der Waals surface area (Å²) in [6, 6.07) is 32.0. The lowest BCUT2D eigenvalue weighted by Gasteiger charge is -2.16. The van der Waals surface area contributed by atoms with Gasteiger partial charge in [-0.05, 0) is 62.4 Å². The van der Waals surface area contributed by atoms with Crippen molar-refractivity contribution in [2.45, 2.75) is 13.1 Å². The maximum atomic E-state index is 12.8. The van der Waals surface area contributed by atoms with E-state index in [4.69, 9.17) is 42.5 Å². The van der Waals surface area contributed by atoms with Crippen molar-refractivity contribution in [3.8, 4) is 40.0 Å². The van der Waals surface area contributed by atoms with E-state index in [-0.39, 0.29) is 68.9 Å². The minimum atomic E-state index is -3.97. The van der Waals surface area contributed by atoms with Gasteiger partial charge in [-0.25, -0.2) is 29.9 Å². The van der Waals surface area contributed by atoms with E-state index < -0.39 is 20.4 Å². The molecule has 23 heteroatoms. The molecule has 5 N–H and O–H groups in total. The molecule has 0 aliphatic heterocycles. The van der Waals surface area contributed by atoms with Gasteiger partial charge in [-0.15, -0.1) is 0 Å². The van der Waals surface area contributed by atoms with Crippen molar-refractivity contribution in [3.63, 3.8) is 0 Å². The zero-order chi connectivity index (χ0) is 46.1. The molecule has 0 saturated carbocycles. The van der Waals surface area contributed by atoms with Crippen molar-refractivity contribution in [1.29, 1.82) is 0 Å². The molecule has 0 saturated heterocycles. The zero-order valence-electron chi connectivity index (χ0n) is 33.9. The third-order valence-corrected chi connectivity index (χ3v) is 11.3. The van der Waals surface area contributed by atoms with E-state index in [0.29, 0.717) is 32.3 Å². The lowest BCUT2D eigenvalue weighted by Crippen LogP contribution is -2.30. The van der Waals surface area contributed by atoms with Gasteiger partial charge in [0.05, 0.1) is 22.2 Å². The van der Waals surface area contributed by atoms with E-state index in [9.17, 15) is 16.8 Å². The standard InChI is InChI=1S/C23H20BrClN6O4S.C19H19ClN4O4S/c24-18-13-26-23(27-14-18)35-11-10-34-22-20(17-6-8-19(25)9-7-17)21(28-15-29-22)31-36(32,33)30-12-16-4-2-1-3-5-16;20-16-8-6-15(7-9-16)17-18(21-13-22-19(17)28-11-10-25)24-29(26,27)23-12-14-4-2-1-3-5-14/h1-9,13-15,30H,10-12H2,(H,28,29,31);1-9,13,23,25H,10-12H2,(H,21,22,24). The number of aliphatic hydroxyl groups is 1. The van der Waals surface area contributed by atoms with Crippen LogP contribution in [0.5, 0.6) is 17.8 Å². The average Bonchev–Trinajstić information content (AvgIpc) is 3.30. The summed E-state index contributed by atoms with van der Waals surface area (Å²) in [6.07, 6.45) is 5.52. The highest BCUT2D eigenvalue weighted by atomic mass is 79.9. The minimum absolute atomic E-state index is 0.00392. The molecular weight excluding hydrogens is 987 g/mol. The van der Waals surface area contributed by atoms with Gasteiger partial charge < -0.3 is 19.3 Å². The van der Waals surface area contributed by atoms with Gasteiger partial charge in [-0.2, -0.15) is 26.3 Å². The highest BCUT2D eigenvalue weighted by molar-refractivity contribution is 9.10. The maximum Gasteiger partial charge on any atom is 0.316 e. The third kappa shape index (κ3) is 15.3. The third-order valence-electron chi connectivity index (χ3n) is 8.45. The lowest BCUT2D eigenvalue weighted by molar-refractivity contribution is 0.197. The first-order chi connectivity index (χ1) is 31.4. The number of hydrogen-bond donors (Lipinski definition) is 5. The number of rotatable bonds is 20. The molecule has 7 aromatic rings. The normalized spacial score (nSPS) is 11.2. The Balaban J connectivity index is 0.000000221. The summed E-state index contributed by atoms with van der Waals surface area (Å²) in [5, 5.41) is 10.1. The van der Waals surface area contributed by atoms with Crippen molar-refractivity contribution in [3.05, 3.63) is 160 Å². The van der Waals surface area contributed by atoms with Crippen LogP contribution in [0.25, 0.3) is 22.3 Å². The van der Waals surface area contributed by atoms with E-state index in [1.165, 1.54) is 12.7 Å². The molecular formula is C42H39BrCl2N10O8S2. The van der Waals surface area contributed by atoms with Gasteiger partial charge >= 0.3 is 26.4 Å². The lowest BCUT2D eigenvalue weighted by atomic mass is 10.1. The molecule has 7 rings (SSSR count). The van der Waals surface area contributed by atoms with Crippen LogP contribution >= 0.6 is 39.1 Å². The number of aliphatic hydroxyl groups excluding tert-OH is 1. The molecule has 0 bridgehead atoms. The van der Waals surface area contributed by atoms with E-state index in [1.54, 1.807) is 60.9 Å². The number of aromatic nitrogens is 6. The quantitative estimate of drug-likeness (QED) is 0.0490. The summed E-state index contributed by atoms with van der Waals surface area (Å²) in [5.74, 6) is 0.376. The predicted octanol–water partition coefficient (Wildman–Crippen LogP) is 6.87. The molecule has 0 aliphatic carbocycles. The van der Waals surface area contributed by atoms with Gasteiger partial charge in [0.15, 0.2) is 11.6 Å². The first kappa shape index (κ1) is 48.4. The van der Waals surface area contributed by atoms with Crippen LogP contribution in [0.3, 0.4) is 0 Å². The molecule has 0 fully saturated rings. The summed E-state index contributed by atoms with van der Waals surface area (Å²) >= 11 is 15.3. The molecule has 3 heterocycles. The van der Waals surface area contributed by atoms with Gasteiger partial charge in [0, 0.05) is 35.5 Å². The molecule has 0 aliphatic rings. The van der Waals surface area contributed by atoms with Crippen LogP contribution in [0.2, 0.25) is 10.0 Å². The van der Waals surface area contributed by atoms with Crippen LogP contribution < -0.4 is 33.1 Å². The largest absolute Gasteiger partial charge is 0.475 e. The fourth-order valence-corrected chi connectivity index (χ4v) is 7.66. The molecule has 0 radical (unpaired) electrons. The van der Waals surface area contributed by atoms with Crippen molar-refractivity contribution >= 4 is 71.2 Å².